The third-order valence-electron chi connectivity index (χ3n) is 4.19. The minimum atomic E-state index is -5.41. The molecule has 1 amide bonds. The van der Waals surface area contributed by atoms with E-state index >= 15 is 0 Å². The molecule has 0 radical (unpaired) electrons. The summed E-state index contributed by atoms with van der Waals surface area (Å²) in [6.07, 6.45) is -7.54. The molecule has 34 heavy (non-hydrogen) atoms. The maximum absolute atomic E-state index is 14.5. The van der Waals surface area contributed by atoms with E-state index < -0.39 is 57.8 Å². The molecule has 2 aromatic rings. The molecule has 0 unspecified atom stereocenters. The molecule has 0 spiro atoms. The monoisotopic (exact) mass is 492 g/mol. The number of halogens is 7. The Bertz CT molecular complexity index is 1180. The van der Waals surface area contributed by atoms with E-state index in [1.54, 1.807) is 13.8 Å². The Balaban J connectivity index is 2.76. The highest BCUT2D eigenvalue weighted by atomic mass is 19.4. The number of carbonyl (C=O) groups excluding carboxylic acids is 1. The van der Waals surface area contributed by atoms with Crippen LogP contribution in [0.5, 0.6) is 5.75 Å². The Morgan fingerprint density at radius 1 is 1.09 bits per heavy atom. The van der Waals surface area contributed by atoms with Crippen LogP contribution in [0.4, 0.5) is 36.4 Å². The van der Waals surface area contributed by atoms with E-state index in [0.29, 0.717) is 0 Å². The summed E-state index contributed by atoms with van der Waals surface area (Å²) < 4.78 is 101. The number of nitrogens with one attached hydrogen (secondary N) is 2. The van der Waals surface area contributed by atoms with Gasteiger partial charge in [-0.15, -0.1) is 0 Å². The molecule has 1 aromatic heterocycles. The number of pyridine rings is 1. The smallest absolute Gasteiger partial charge is 0.417 e. The number of benzene rings is 1. The first-order chi connectivity index (χ1) is 15.6. The lowest BCUT2D eigenvalue weighted by molar-refractivity contribution is -0.143. The lowest BCUT2D eigenvalue weighted by Crippen LogP contribution is -2.22. The Hall–Kier alpha value is -3.57. The Labute approximate surface area is 188 Å². The standard InChI is InChI=1S/C22H19F7N2O3/c1-4-16(15(23)7-11(2)3)34-17-9-12(21(24,25)26)8-14(22(27,28)29)19(17)20(33)31-13-5-6-30-18(32)10-13/h4-11H,1-3H3,(H2,30,31,32,33)/b15-7+,16-4+. The second-order valence-electron chi connectivity index (χ2n) is 7.30. The van der Waals surface area contributed by atoms with E-state index in [2.05, 4.69) is 4.98 Å². The minimum absolute atomic E-state index is 0.175. The van der Waals surface area contributed by atoms with Crippen LogP contribution in [0.1, 0.15) is 42.3 Å². The van der Waals surface area contributed by atoms with Crippen molar-refractivity contribution >= 4 is 11.6 Å². The molecule has 0 saturated carbocycles. The molecule has 12 heteroatoms. The van der Waals surface area contributed by atoms with E-state index in [0.717, 1.165) is 30.5 Å². The van der Waals surface area contributed by atoms with Gasteiger partial charge in [-0.1, -0.05) is 13.8 Å². The number of ether oxygens (including phenoxy) is 1. The largest absolute Gasteiger partial charge is 0.454 e. The number of amides is 1. The predicted molar refractivity (Wildman–Crippen MR) is 110 cm³/mol. The fourth-order valence-electron chi connectivity index (χ4n) is 2.77. The van der Waals surface area contributed by atoms with Crippen LogP contribution in [0.15, 0.2) is 59.0 Å². The second-order valence-corrected chi connectivity index (χ2v) is 7.30. The third-order valence-corrected chi connectivity index (χ3v) is 4.19. The molecule has 0 aliphatic rings. The molecule has 184 valence electrons. The summed E-state index contributed by atoms with van der Waals surface area (Å²) in [5, 5.41) is 2.01. The average Bonchev–Trinajstić information content (AvgIpc) is 2.69. The molecule has 0 aliphatic carbocycles. The molecule has 2 N–H and O–H groups in total. The fraction of sp³-hybridized carbons (Fsp3) is 0.273. The van der Waals surface area contributed by atoms with Crippen LogP contribution in [0.3, 0.4) is 0 Å². The zero-order valence-electron chi connectivity index (χ0n) is 18.0. The van der Waals surface area contributed by atoms with Gasteiger partial charge in [0.2, 0.25) is 5.56 Å². The summed E-state index contributed by atoms with van der Waals surface area (Å²) in [6, 6.07) is 1.92. The van der Waals surface area contributed by atoms with Gasteiger partial charge in [0.05, 0.1) is 16.7 Å². The van der Waals surface area contributed by atoms with Crippen LogP contribution >= 0.6 is 0 Å². The summed E-state index contributed by atoms with van der Waals surface area (Å²) in [5.74, 6) is -4.81. The van der Waals surface area contributed by atoms with E-state index in [9.17, 15) is 40.3 Å². The molecule has 1 aromatic carbocycles. The number of hydrogen-bond acceptors (Lipinski definition) is 3. The van der Waals surface area contributed by atoms with Crippen LogP contribution < -0.4 is 15.6 Å². The first-order valence-corrected chi connectivity index (χ1v) is 9.67. The zero-order chi connectivity index (χ0) is 25.8. The van der Waals surface area contributed by atoms with Crippen LogP contribution in [0.25, 0.3) is 0 Å². The highest BCUT2D eigenvalue weighted by molar-refractivity contribution is 6.07. The number of carbonyl (C=O) groups is 1. The molecule has 0 saturated heterocycles. The van der Waals surface area contributed by atoms with Gasteiger partial charge in [0.15, 0.2) is 11.6 Å². The Morgan fingerprint density at radius 2 is 1.74 bits per heavy atom. The summed E-state index contributed by atoms with van der Waals surface area (Å²) >= 11 is 0. The molecule has 0 aliphatic heterocycles. The summed E-state index contributed by atoms with van der Waals surface area (Å²) in [7, 11) is 0. The zero-order valence-corrected chi connectivity index (χ0v) is 18.0. The summed E-state index contributed by atoms with van der Waals surface area (Å²) in [5.41, 5.74) is -5.97. The number of alkyl halides is 6. The first kappa shape index (κ1) is 26.7. The summed E-state index contributed by atoms with van der Waals surface area (Å²) in [6.45, 7) is 4.41. The SMILES string of the molecule is C/C=C(Oc1cc(C(F)(F)F)cc(C(F)(F)F)c1C(=O)Nc1cc[nH]c(=O)c1)\C(F)=C/C(C)C. The maximum atomic E-state index is 14.5. The van der Waals surface area contributed by atoms with Crippen molar-refractivity contribution in [2.45, 2.75) is 33.1 Å². The van der Waals surface area contributed by atoms with Crippen molar-refractivity contribution in [3.8, 4) is 5.75 Å². The van der Waals surface area contributed by atoms with Crippen molar-refractivity contribution in [1.82, 2.24) is 4.98 Å². The van der Waals surface area contributed by atoms with Gasteiger partial charge in [-0.2, -0.15) is 26.3 Å². The maximum Gasteiger partial charge on any atom is 0.417 e. The molecule has 0 atom stereocenters. The van der Waals surface area contributed by atoms with Crippen molar-refractivity contribution in [3.05, 3.63) is 81.2 Å². The molecular weight excluding hydrogens is 473 g/mol. The molecule has 5 nitrogen and oxygen atoms in total. The van der Waals surface area contributed by atoms with E-state index in [4.69, 9.17) is 4.74 Å². The fourth-order valence-corrected chi connectivity index (χ4v) is 2.77. The van der Waals surface area contributed by atoms with E-state index in [1.165, 1.54) is 6.92 Å². The quantitative estimate of drug-likeness (QED) is 0.276. The molecule has 2 rings (SSSR count). The molecule has 0 fully saturated rings. The highest BCUT2D eigenvalue weighted by Crippen LogP contribution is 2.42. The lowest BCUT2D eigenvalue weighted by Gasteiger charge is -2.20. The van der Waals surface area contributed by atoms with Gasteiger partial charge in [-0.05, 0) is 43.2 Å². The van der Waals surface area contributed by atoms with Crippen LogP contribution in [-0.4, -0.2) is 10.9 Å². The Morgan fingerprint density at radius 3 is 2.24 bits per heavy atom. The minimum Gasteiger partial charge on any atom is -0.454 e. The molecule has 0 bridgehead atoms. The van der Waals surface area contributed by atoms with Crippen molar-refractivity contribution in [3.63, 3.8) is 0 Å². The van der Waals surface area contributed by atoms with Crippen molar-refractivity contribution in [1.29, 1.82) is 0 Å². The van der Waals surface area contributed by atoms with Crippen molar-refractivity contribution in [2.24, 2.45) is 5.92 Å². The van der Waals surface area contributed by atoms with Crippen molar-refractivity contribution in [2.75, 3.05) is 5.32 Å². The number of aromatic nitrogens is 1. The number of hydrogen-bond donors (Lipinski definition) is 2. The third kappa shape index (κ3) is 6.72. The number of H-pyrrole nitrogens is 1. The topological polar surface area (TPSA) is 71.2 Å². The average molecular weight is 492 g/mol. The first-order valence-electron chi connectivity index (χ1n) is 9.67. The summed E-state index contributed by atoms with van der Waals surface area (Å²) in [4.78, 5) is 26.4. The molecular formula is C22H19F7N2O3. The normalized spacial score (nSPS) is 13.3. The van der Waals surface area contributed by atoms with Crippen LogP contribution in [0, 0.1) is 5.92 Å². The lowest BCUT2D eigenvalue weighted by atomic mass is 10.0. The molecule has 1 heterocycles. The van der Waals surface area contributed by atoms with Gasteiger partial charge in [0.1, 0.15) is 5.75 Å². The van der Waals surface area contributed by atoms with Crippen molar-refractivity contribution < 1.29 is 40.3 Å². The predicted octanol–water partition coefficient (Wildman–Crippen LogP) is 6.46. The van der Waals surface area contributed by atoms with E-state index in [1.807, 2.05) is 5.32 Å². The number of aromatic amines is 1. The highest BCUT2D eigenvalue weighted by Gasteiger charge is 2.42. The van der Waals surface area contributed by atoms with Gasteiger partial charge in [0, 0.05) is 18.0 Å². The Kier molecular flexibility index (Phi) is 7.96. The van der Waals surface area contributed by atoms with E-state index in [-0.39, 0.29) is 23.7 Å². The van der Waals surface area contributed by atoms with Gasteiger partial charge in [0.25, 0.3) is 5.91 Å². The number of allylic oxidation sites excluding steroid dienone is 3. The number of anilines is 1. The van der Waals surface area contributed by atoms with Gasteiger partial charge in [-0.25, -0.2) is 4.39 Å². The van der Waals surface area contributed by atoms with Crippen LogP contribution in [-0.2, 0) is 12.4 Å². The second kappa shape index (κ2) is 10.1. The van der Waals surface area contributed by atoms with Gasteiger partial charge in [-0.3, -0.25) is 9.59 Å². The van der Waals surface area contributed by atoms with Gasteiger partial charge >= 0.3 is 12.4 Å². The van der Waals surface area contributed by atoms with Gasteiger partial charge < -0.3 is 15.0 Å². The number of rotatable bonds is 6. The van der Waals surface area contributed by atoms with Crippen LogP contribution in [0.2, 0.25) is 0 Å².